The first kappa shape index (κ1) is 13.5. The van der Waals surface area contributed by atoms with Gasteiger partial charge >= 0.3 is 0 Å². The number of nitrogens with one attached hydrogen (secondary N) is 1. The third-order valence-electron chi connectivity index (χ3n) is 3.61. The van der Waals surface area contributed by atoms with Crippen molar-refractivity contribution in [1.29, 1.82) is 0 Å². The van der Waals surface area contributed by atoms with Crippen LogP contribution in [0.15, 0.2) is 15.6 Å². The topological polar surface area (TPSA) is 52.2 Å². The van der Waals surface area contributed by atoms with Gasteiger partial charge in [-0.15, -0.1) is 0 Å². The molecule has 1 N–H and O–H groups in total. The third kappa shape index (κ3) is 2.75. The lowest BCUT2D eigenvalue weighted by molar-refractivity contribution is 0.192. The van der Waals surface area contributed by atoms with Crippen LogP contribution in [0.25, 0.3) is 0 Å². The molecule has 1 fully saturated rings. The fraction of sp³-hybridized carbons (Fsp3) is 0.667. The van der Waals surface area contributed by atoms with Crippen molar-refractivity contribution in [2.45, 2.75) is 26.3 Å². The van der Waals surface area contributed by atoms with Crippen LogP contribution in [0.2, 0.25) is 0 Å². The van der Waals surface area contributed by atoms with Crippen molar-refractivity contribution < 1.29 is 0 Å². The van der Waals surface area contributed by atoms with E-state index in [0.29, 0.717) is 10.5 Å². The number of H-pyrrole nitrogens is 1. The lowest BCUT2D eigenvalue weighted by atomic mass is 10.2. The van der Waals surface area contributed by atoms with Gasteiger partial charge in [-0.1, -0.05) is 6.92 Å². The normalized spacial score (nSPS) is 18.9. The van der Waals surface area contributed by atoms with Crippen LogP contribution in [0.1, 0.15) is 20.3 Å². The van der Waals surface area contributed by atoms with Crippen molar-refractivity contribution in [2.75, 3.05) is 31.1 Å². The monoisotopic (exact) mass is 314 g/mol. The number of hydrogen-bond acceptors (Lipinski definition) is 4. The second-order valence-corrected chi connectivity index (χ2v) is 5.44. The average molecular weight is 315 g/mol. The summed E-state index contributed by atoms with van der Waals surface area (Å²) in [5.41, 5.74) is -0.121. The van der Waals surface area contributed by atoms with E-state index in [1.54, 1.807) is 0 Å². The maximum Gasteiger partial charge on any atom is 0.267 e. The lowest BCUT2D eigenvalue weighted by Crippen LogP contribution is -2.50. The highest BCUT2D eigenvalue weighted by Gasteiger charge is 2.22. The summed E-state index contributed by atoms with van der Waals surface area (Å²) in [5, 5.41) is 0. The van der Waals surface area contributed by atoms with Gasteiger partial charge < -0.3 is 9.88 Å². The zero-order valence-electron chi connectivity index (χ0n) is 10.8. The number of hydrogen-bond donors (Lipinski definition) is 1. The highest BCUT2D eigenvalue weighted by Crippen LogP contribution is 2.21. The standard InChI is InChI=1S/C12H19BrN4O/c1-3-9(2)16-4-6-17(7-5-16)11-10(13)12(18)15-8-14-11/h8-9H,3-7H2,1-2H3,(H,14,15,18). The SMILES string of the molecule is CCC(C)N1CCN(c2nc[nH]c(=O)c2Br)CC1. The molecule has 0 radical (unpaired) electrons. The molecule has 5 nitrogen and oxygen atoms in total. The first-order valence-electron chi connectivity index (χ1n) is 6.35. The molecule has 1 aliphatic heterocycles. The molecule has 1 aliphatic rings. The number of piperazine rings is 1. The van der Waals surface area contributed by atoms with Crippen molar-refractivity contribution >= 4 is 21.7 Å². The van der Waals surface area contributed by atoms with Gasteiger partial charge in [0.1, 0.15) is 10.3 Å². The van der Waals surface area contributed by atoms with Crippen molar-refractivity contribution in [3.05, 3.63) is 21.2 Å². The summed E-state index contributed by atoms with van der Waals surface area (Å²) in [6, 6.07) is 0.628. The summed E-state index contributed by atoms with van der Waals surface area (Å²) in [4.78, 5) is 23.0. The van der Waals surface area contributed by atoms with Crippen molar-refractivity contribution in [3.63, 3.8) is 0 Å². The fourth-order valence-corrected chi connectivity index (χ4v) is 2.69. The van der Waals surface area contributed by atoms with E-state index in [1.165, 1.54) is 12.7 Å². The molecule has 100 valence electrons. The minimum atomic E-state index is -0.121. The Hall–Kier alpha value is -0.880. The van der Waals surface area contributed by atoms with Gasteiger partial charge in [0.2, 0.25) is 0 Å². The molecular formula is C12H19BrN4O. The molecule has 2 rings (SSSR count). The predicted octanol–water partition coefficient (Wildman–Crippen LogP) is 1.45. The summed E-state index contributed by atoms with van der Waals surface area (Å²) in [7, 11) is 0. The molecule has 0 aliphatic carbocycles. The van der Waals surface area contributed by atoms with Crippen LogP contribution in [0, 0.1) is 0 Å². The predicted molar refractivity (Wildman–Crippen MR) is 76.1 cm³/mol. The van der Waals surface area contributed by atoms with Gasteiger partial charge in [-0.2, -0.15) is 0 Å². The molecule has 0 aromatic carbocycles. The van der Waals surface area contributed by atoms with Gasteiger partial charge in [-0.3, -0.25) is 9.69 Å². The van der Waals surface area contributed by atoms with E-state index < -0.39 is 0 Å². The lowest BCUT2D eigenvalue weighted by Gasteiger charge is -2.38. The van der Waals surface area contributed by atoms with Crippen LogP contribution >= 0.6 is 15.9 Å². The molecule has 18 heavy (non-hydrogen) atoms. The molecule has 1 unspecified atom stereocenters. The number of aromatic amines is 1. The van der Waals surface area contributed by atoms with Gasteiger partial charge in [0, 0.05) is 32.2 Å². The Morgan fingerprint density at radius 1 is 1.44 bits per heavy atom. The van der Waals surface area contributed by atoms with Gasteiger partial charge in [0.15, 0.2) is 0 Å². The molecule has 0 spiro atoms. The molecule has 2 heterocycles. The zero-order valence-corrected chi connectivity index (χ0v) is 12.4. The highest BCUT2D eigenvalue weighted by molar-refractivity contribution is 9.10. The van der Waals surface area contributed by atoms with Gasteiger partial charge in [-0.25, -0.2) is 4.98 Å². The Morgan fingerprint density at radius 2 is 2.11 bits per heavy atom. The number of nitrogens with zero attached hydrogens (tertiary/aromatic N) is 3. The average Bonchev–Trinajstić information content (AvgIpc) is 2.41. The molecule has 1 saturated heterocycles. The maximum atomic E-state index is 11.5. The molecule has 0 amide bonds. The summed E-state index contributed by atoms with van der Waals surface area (Å²) < 4.78 is 0.530. The maximum absolute atomic E-state index is 11.5. The van der Waals surface area contributed by atoms with Gasteiger partial charge in [0.05, 0.1) is 6.33 Å². The molecule has 1 aromatic heterocycles. The van der Waals surface area contributed by atoms with Crippen molar-refractivity contribution in [3.8, 4) is 0 Å². The molecule has 1 atom stereocenters. The minimum Gasteiger partial charge on any atom is -0.353 e. The van der Waals surface area contributed by atoms with Crippen LogP contribution in [-0.2, 0) is 0 Å². The van der Waals surface area contributed by atoms with E-state index in [2.05, 4.69) is 49.5 Å². The fourth-order valence-electron chi connectivity index (χ4n) is 2.23. The summed E-state index contributed by atoms with van der Waals surface area (Å²) >= 11 is 3.31. The van der Waals surface area contributed by atoms with E-state index in [9.17, 15) is 4.79 Å². The third-order valence-corrected chi connectivity index (χ3v) is 4.32. The zero-order chi connectivity index (χ0) is 13.1. The molecule has 0 saturated carbocycles. The Bertz CT molecular complexity index is 454. The summed E-state index contributed by atoms with van der Waals surface area (Å²) in [6.07, 6.45) is 2.64. The van der Waals surface area contributed by atoms with E-state index in [-0.39, 0.29) is 5.56 Å². The van der Waals surface area contributed by atoms with Crippen LogP contribution in [-0.4, -0.2) is 47.1 Å². The number of anilines is 1. The Balaban J connectivity index is 2.06. The second-order valence-electron chi connectivity index (χ2n) is 4.65. The largest absolute Gasteiger partial charge is 0.353 e. The molecule has 0 bridgehead atoms. The number of rotatable bonds is 3. The van der Waals surface area contributed by atoms with Crippen LogP contribution < -0.4 is 10.5 Å². The van der Waals surface area contributed by atoms with E-state index in [4.69, 9.17) is 0 Å². The summed E-state index contributed by atoms with van der Waals surface area (Å²) in [5.74, 6) is 0.752. The Labute approximate surface area is 115 Å². The molecule has 6 heteroatoms. The van der Waals surface area contributed by atoms with Crippen LogP contribution in [0.3, 0.4) is 0 Å². The van der Waals surface area contributed by atoms with E-state index in [1.807, 2.05) is 0 Å². The van der Waals surface area contributed by atoms with E-state index >= 15 is 0 Å². The quantitative estimate of drug-likeness (QED) is 0.917. The van der Waals surface area contributed by atoms with Gasteiger partial charge in [0.25, 0.3) is 5.56 Å². The Morgan fingerprint density at radius 3 is 2.72 bits per heavy atom. The first-order valence-corrected chi connectivity index (χ1v) is 7.15. The van der Waals surface area contributed by atoms with Crippen molar-refractivity contribution in [1.82, 2.24) is 14.9 Å². The number of aromatic nitrogens is 2. The van der Waals surface area contributed by atoms with Crippen molar-refractivity contribution in [2.24, 2.45) is 0 Å². The molecular weight excluding hydrogens is 296 g/mol. The van der Waals surface area contributed by atoms with Gasteiger partial charge in [-0.05, 0) is 29.3 Å². The Kier molecular flexibility index (Phi) is 4.40. The van der Waals surface area contributed by atoms with Crippen LogP contribution in [0.5, 0.6) is 0 Å². The first-order chi connectivity index (χ1) is 8.63. The second kappa shape index (κ2) is 5.84. The van der Waals surface area contributed by atoms with E-state index in [0.717, 1.165) is 32.0 Å². The smallest absolute Gasteiger partial charge is 0.267 e. The summed E-state index contributed by atoms with van der Waals surface area (Å²) in [6.45, 7) is 8.35. The highest BCUT2D eigenvalue weighted by atomic mass is 79.9. The number of halogens is 1. The molecule has 1 aromatic rings. The minimum absolute atomic E-state index is 0.121. The van der Waals surface area contributed by atoms with Crippen LogP contribution in [0.4, 0.5) is 5.82 Å².